The molecule has 5 nitrogen and oxygen atoms in total. The summed E-state index contributed by atoms with van der Waals surface area (Å²) in [6.07, 6.45) is 3.04. The average Bonchev–Trinajstić information content (AvgIpc) is 2.46. The van der Waals surface area contributed by atoms with Gasteiger partial charge in [0.15, 0.2) is 0 Å². The summed E-state index contributed by atoms with van der Waals surface area (Å²) in [7, 11) is 0. The van der Waals surface area contributed by atoms with Crippen LogP contribution in [0.5, 0.6) is 0 Å². The van der Waals surface area contributed by atoms with E-state index in [2.05, 4.69) is 20.6 Å². The van der Waals surface area contributed by atoms with Gasteiger partial charge in [-0.1, -0.05) is 30.3 Å². The summed E-state index contributed by atoms with van der Waals surface area (Å²) in [4.78, 5) is 20.2. The summed E-state index contributed by atoms with van der Waals surface area (Å²) in [5.74, 6) is 0.442. The van der Waals surface area contributed by atoms with Crippen LogP contribution in [0.4, 0.5) is 5.82 Å². The minimum atomic E-state index is -0.225. The molecule has 0 atom stereocenters. The van der Waals surface area contributed by atoms with E-state index in [-0.39, 0.29) is 11.9 Å². The third-order valence-corrected chi connectivity index (χ3v) is 2.62. The van der Waals surface area contributed by atoms with Crippen molar-refractivity contribution in [2.75, 3.05) is 5.32 Å². The first kappa shape index (κ1) is 14.0. The van der Waals surface area contributed by atoms with E-state index in [1.807, 2.05) is 44.2 Å². The van der Waals surface area contributed by atoms with Crippen molar-refractivity contribution in [3.63, 3.8) is 0 Å². The quantitative estimate of drug-likeness (QED) is 0.874. The zero-order valence-corrected chi connectivity index (χ0v) is 11.6. The molecule has 2 N–H and O–H groups in total. The largest absolute Gasteiger partial charge is 0.367 e. The number of amides is 1. The van der Waals surface area contributed by atoms with Crippen molar-refractivity contribution in [2.24, 2.45) is 0 Å². The molecule has 0 aliphatic rings. The summed E-state index contributed by atoms with van der Waals surface area (Å²) in [5, 5.41) is 5.94. The second-order valence-electron chi connectivity index (χ2n) is 4.75. The second-order valence-corrected chi connectivity index (χ2v) is 4.75. The average molecular weight is 270 g/mol. The van der Waals surface area contributed by atoms with Crippen LogP contribution in [0.2, 0.25) is 0 Å². The third-order valence-electron chi connectivity index (χ3n) is 2.62. The molecule has 0 aliphatic carbocycles. The predicted molar refractivity (Wildman–Crippen MR) is 78.4 cm³/mol. The Morgan fingerprint density at radius 3 is 2.50 bits per heavy atom. The molecule has 1 heterocycles. The Bertz CT molecular complexity index is 552. The smallest absolute Gasteiger partial charge is 0.271 e. The van der Waals surface area contributed by atoms with Crippen LogP contribution in [0, 0.1) is 0 Å². The van der Waals surface area contributed by atoms with E-state index in [4.69, 9.17) is 0 Å². The maximum atomic E-state index is 11.9. The molecule has 0 aliphatic heterocycles. The fourth-order valence-electron chi connectivity index (χ4n) is 1.68. The Morgan fingerprint density at radius 2 is 1.90 bits per heavy atom. The van der Waals surface area contributed by atoms with E-state index in [0.29, 0.717) is 18.1 Å². The first-order valence-corrected chi connectivity index (χ1v) is 6.56. The number of hydrogen-bond acceptors (Lipinski definition) is 4. The van der Waals surface area contributed by atoms with Crippen LogP contribution in [0.1, 0.15) is 29.9 Å². The topological polar surface area (TPSA) is 66.9 Å². The molecule has 0 unspecified atom stereocenters. The molecule has 0 bridgehead atoms. The highest BCUT2D eigenvalue weighted by Gasteiger charge is 2.07. The Balaban J connectivity index is 1.92. The number of rotatable bonds is 5. The number of carbonyl (C=O) groups is 1. The standard InChI is InChI=1S/C15H18N4O/c1-11(2)19-14-10-16-13(9-17-14)15(20)18-8-12-6-4-3-5-7-12/h3-7,9-11H,8H2,1-2H3,(H,17,19)(H,18,20). The van der Waals surface area contributed by atoms with Crippen LogP contribution >= 0.6 is 0 Å². The number of nitrogens with one attached hydrogen (secondary N) is 2. The lowest BCUT2D eigenvalue weighted by Crippen LogP contribution is -2.24. The number of carbonyl (C=O) groups excluding carboxylic acids is 1. The van der Waals surface area contributed by atoms with Gasteiger partial charge in [0.2, 0.25) is 0 Å². The van der Waals surface area contributed by atoms with Gasteiger partial charge in [-0.05, 0) is 19.4 Å². The van der Waals surface area contributed by atoms with Crippen molar-refractivity contribution < 1.29 is 4.79 Å². The highest BCUT2D eigenvalue weighted by molar-refractivity contribution is 5.91. The Hall–Kier alpha value is -2.43. The number of aromatic nitrogens is 2. The summed E-state index contributed by atoms with van der Waals surface area (Å²) in [6, 6.07) is 10.0. The molecular weight excluding hydrogens is 252 g/mol. The monoisotopic (exact) mass is 270 g/mol. The van der Waals surface area contributed by atoms with Crippen molar-refractivity contribution in [1.29, 1.82) is 0 Å². The minimum Gasteiger partial charge on any atom is -0.367 e. The summed E-state index contributed by atoms with van der Waals surface area (Å²) in [6.45, 7) is 4.51. The molecule has 0 radical (unpaired) electrons. The zero-order valence-electron chi connectivity index (χ0n) is 11.6. The summed E-state index contributed by atoms with van der Waals surface area (Å²) < 4.78 is 0. The van der Waals surface area contributed by atoms with E-state index in [9.17, 15) is 4.79 Å². The number of benzene rings is 1. The molecule has 1 aromatic carbocycles. The Labute approximate surface area is 118 Å². The van der Waals surface area contributed by atoms with E-state index in [0.717, 1.165) is 5.56 Å². The number of nitrogens with zero attached hydrogens (tertiary/aromatic N) is 2. The lowest BCUT2D eigenvalue weighted by molar-refractivity contribution is 0.0945. The molecule has 0 spiro atoms. The van der Waals surface area contributed by atoms with Gasteiger partial charge in [0.1, 0.15) is 11.5 Å². The lowest BCUT2D eigenvalue weighted by Gasteiger charge is -2.09. The van der Waals surface area contributed by atoms with E-state index in [1.54, 1.807) is 6.20 Å². The van der Waals surface area contributed by atoms with Crippen LogP contribution in [-0.2, 0) is 6.54 Å². The molecule has 2 rings (SSSR count). The number of hydrogen-bond donors (Lipinski definition) is 2. The van der Waals surface area contributed by atoms with Gasteiger partial charge < -0.3 is 10.6 Å². The van der Waals surface area contributed by atoms with Gasteiger partial charge in [-0.2, -0.15) is 0 Å². The molecule has 0 saturated carbocycles. The van der Waals surface area contributed by atoms with Gasteiger partial charge in [-0.15, -0.1) is 0 Å². The first-order chi connectivity index (χ1) is 9.65. The van der Waals surface area contributed by atoms with Crippen LogP contribution < -0.4 is 10.6 Å². The van der Waals surface area contributed by atoms with E-state index in [1.165, 1.54) is 6.20 Å². The van der Waals surface area contributed by atoms with Crippen LogP contribution in [0.25, 0.3) is 0 Å². The Kier molecular flexibility index (Phi) is 4.65. The van der Waals surface area contributed by atoms with Gasteiger partial charge in [0, 0.05) is 12.6 Å². The van der Waals surface area contributed by atoms with Crippen molar-refractivity contribution >= 4 is 11.7 Å². The maximum Gasteiger partial charge on any atom is 0.271 e. The molecule has 2 aromatic rings. The van der Waals surface area contributed by atoms with E-state index < -0.39 is 0 Å². The van der Waals surface area contributed by atoms with Gasteiger partial charge in [0.05, 0.1) is 12.4 Å². The highest BCUT2D eigenvalue weighted by atomic mass is 16.1. The maximum absolute atomic E-state index is 11.9. The van der Waals surface area contributed by atoms with Crippen molar-refractivity contribution in [3.05, 3.63) is 54.0 Å². The van der Waals surface area contributed by atoms with Gasteiger partial charge in [-0.25, -0.2) is 9.97 Å². The second kappa shape index (κ2) is 6.65. The predicted octanol–water partition coefficient (Wildman–Crippen LogP) is 2.23. The Morgan fingerprint density at radius 1 is 1.15 bits per heavy atom. The molecule has 104 valence electrons. The molecular formula is C15H18N4O. The minimum absolute atomic E-state index is 0.225. The van der Waals surface area contributed by atoms with Crippen molar-refractivity contribution in [3.8, 4) is 0 Å². The fraction of sp³-hybridized carbons (Fsp3) is 0.267. The molecule has 1 amide bonds. The third kappa shape index (κ3) is 4.05. The van der Waals surface area contributed by atoms with Gasteiger partial charge >= 0.3 is 0 Å². The molecule has 5 heteroatoms. The van der Waals surface area contributed by atoms with Crippen LogP contribution in [0.15, 0.2) is 42.7 Å². The fourth-order valence-corrected chi connectivity index (χ4v) is 1.68. The molecule has 1 aromatic heterocycles. The first-order valence-electron chi connectivity index (χ1n) is 6.56. The summed E-state index contributed by atoms with van der Waals surface area (Å²) in [5.41, 5.74) is 1.36. The highest BCUT2D eigenvalue weighted by Crippen LogP contribution is 2.03. The SMILES string of the molecule is CC(C)Nc1cnc(C(=O)NCc2ccccc2)cn1. The normalized spacial score (nSPS) is 10.3. The van der Waals surface area contributed by atoms with Gasteiger partial charge in [0.25, 0.3) is 5.91 Å². The molecule has 0 saturated heterocycles. The zero-order chi connectivity index (χ0) is 14.4. The van der Waals surface area contributed by atoms with Crippen LogP contribution in [0.3, 0.4) is 0 Å². The summed E-state index contributed by atoms with van der Waals surface area (Å²) >= 11 is 0. The van der Waals surface area contributed by atoms with Crippen molar-refractivity contribution in [2.45, 2.75) is 26.4 Å². The van der Waals surface area contributed by atoms with Crippen molar-refractivity contribution in [1.82, 2.24) is 15.3 Å². The van der Waals surface area contributed by atoms with Gasteiger partial charge in [-0.3, -0.25) is 4.79 Å². The molecule has 20 heavy (non-hydrogen) atoms. The molecule has 0 fully saturated rings. The van der Waals surface area contributed by atoms with Crippen LogP contribution in [-0.4, -0.2) is 21.9 Å². The van der Waals surface area contributed by atoms with E-state index >= 15 is 0 Å². The number of anilines is 1. The lowest BCUT2D eigenvalue weighted by atomic mass is 10.2.